The molecule has 0 aliphatic carbocycles. The molecule has 4 nitrogen and oxygen atoms in total. The zero-order chi connectivity index (χ0) is 20.4. The molecule has 2 saturated heterocycles. The molecule has 0 N–H and O–H groups in total. The van der Waals surface area contributed by atoms with E-state index in [4.69, 9.17) is 4.98 Å². The summed E-state index contributed by atoms with van der Waals surface area (Å²) in [7, 11) is 0. The van der Waals surface area contributed by atoms with Crippen LogP contribution in [0.5, 0.6) is 0 Å². The predicted molar refractivity (Wildman–Crippen MR) is 120 cm³/mol. The lowest BCUT2D eigenvalue weighted by Gasteiger charge is -2.38. The second-order valence-electron chi connectivity index (χ2n) is 8.74. The van der Waals surface area contributed by atoms with Crippen molar-refractivity contribution in [1.82, 2.24) is 14.8 Å². The predicted octanol–water partition coefficient (Wildman–Crippen LogP) is 4.75. The summed E-state index contributed by atoms with van der Waals surface area (Å²) in [4.78, 5) is 24.1. The van der Waals surface area contributed by atoms with Crippen LogP contribution in [0, 0.1) is 20.8 Å². The van der Waals surface area contributed by atoms with Crippen molar-refractivity contribution in [3.63, 3.8) is 0 Å². The molecule has 4 rings (SSSR count). The number of carbonyl (C=O) groups excluding carboxylic acids is 1. The van der Waals surface area contributed by atoms with Gasteiger partial charge >= 0.3 is 0 Å². The Morgan fingerprint density at radius 2 is 1.86 bits per heavy atom. The van der Waals surface area contributed by atoms with Gasteiger partial charge in [0.1, 0.15) is 0 Å². The van der Waals surface area contributed by atoms with E-state index in [-0.39, 0.29) is 5.91 Å². The number of rotatable bonds is 5. The highest BCUT2D eigenvalue weighted by Crippen LogP contribution is 2.32. The van der Waals surface area contributed by atoms with Gasteiger partial charge in [-0.25, -0.2) is 4.98 Å². The summed E-state index contributed by atoms with van der Waals surface area (Å²) in [5.41, 5.74) is 4.63. The van der Waals surface area contributed by atoms with E-state index in [1.165, 1.54) is 49.0 Å². The minimum atomic E-state index is 0.282. The van der Waals surface area contributed by atoms with Crippen LogP contribution in [0.2, 0.25) is 0 Å². The summed E-state index contributed by atoms with van der Waals surface area (Å²) in [6, 6.07) is 6.88. The lowest BCUT2D eigenvalue weighted by atomic mass is 9.99. The van der Waals surface area contributed by atoms with E-state index in [0.717, 1.165) is 41.5 Å². The summed E-state index contributed by atoms with van der Waals surface area (Å²) in [6.45, 7) is 10.7. The van der Waals surface area contributed by atoms with Crippen molar-refractivity contribution in [2.45, 2.75) is 65.3 Å². The maximum absolute atomic E-state index is 13.4. The molecule has 0 bridgehead atoms. The average Bonchev–Trinajstić information content (AvgIpc) is 3.33. The fourth-order valence-corrected chi connectivity index (χ4v) is 5.75. The zero-order valence-electron chi connectivity index (χ0n) is 18.0. The quantitative estimate of drug-likeness (QED) is 0.712. The highest BCUT2D eigenvalue weighted by molar-refractivity contribution is 7.12. The fourth-order valence-electron chi connectivity index (χ4n) is 4.81. The number of hydrogen-bond acceptors (Lipinski definition) is 4. The molecule has 1 atom stereocenters. The smallest absolute Gasteiger partial charge is 0.228 e. The van der Waals surface area contributed by atoms with Crippen molar-refractivity contribution in [2.24, 2.45) is 0 Å². The lowest BCUT2D eigenvalue weighted by Crippen LogP contribution is -2.49. The van der Waals surface area contributed by atoms with Crippen LogP contribution in [0.4, 0.5) is 0 Å². The molecule has 0 unspecified atom stereocenters. The highest BCUT2D eigenvalue weighted by Gasteiger charge is 2.30. The Morgan fingerprint density at radius 1 is 1.10 bits per heavy atom. The Morgan fingerprint density at radius 3 is 2.66 bits per heavy atom. The van der Waals surface area contributed by atoms with Gasteiger partial charge in [-0.2, -0.15) is 0 Å². The van der Waals surface area contributed by atoms with Gasteiger partial charge < -0.3 is 9.80 Å². The summed E-state index contributed by atoms with van der Waals surface area (Å²) in [5, 5.41) is 1.04. The molecule has 29 heavy (non-hydrogen) atoms. The fraction of sp³-hybridized carbons (Fsp3) is 0.583. The van der Waals surface area contributed by atoms with E-state index in [1.54, 1.807) is 11.3 Å². The third-order valence-electron chi connectivity index (χ3n) is 6.38. The Hall–Kier alpha value is -1.72. The number of aromatic nitrogens is 1. The third kappa shape index (κ3) is 4.72. The highest BCUT2D eigenvalue weighted by atomic mass is 32.1. The van der Waals surface area contributed by atoms with Gasteiger partial charge in [-0.3, -0.25) is 4.79 Å². The van der Waals surface area contributed by atoms with Crippen molar-refractivity contribution in [3.05, 3.63) is 39.2 Å². The largest absolute Gasteiger partial charge is 0.338 e. The lowest BCUT2D eigenvalue weighted by molar-refractivity contribution is -0.134. The molecule has 5 heteroatoms. The van der Waals surface area contributed by atoms with Gasteiger partial charge in [-0.15, -0.1) is 11.3 Å². The van der Waals surface area contributed by atoms with Gasteiger partial charge in [0.05, 0.1) is 17.1 Å². The van der Waals surface area contributed by atoms with E-state index in [2.05, 4.69) is 41.8 Å². The molecule has 2 fully saturated rings. The van der Waals surface area contributed by atoms with Gasteiger partial charge in [0.15, 0.2) is 0 Å². The normalized spacial score (nSPS) is 20.4. The first-order valence-corrected chi connectivity index (χ1v) is 11.9. The van der Waals surface area contributed by atoms with E-state index in [9.17, 15) is 4.79 Å². The third-order valence-corrected chi connectivity index (χ3v) is 7.35. The Kier molecular flexibility index (Phi) is 6.35. The van der Waals surface area contributed by atoms with Gasteiger partial charge in [0.25, 0.3) is 0 Å². The second-order valence-corrected chi connectivity index (χ2v) is 10.0. The molecule has 3 heterocycles. The monoisotopic (exact) mass is 411 g/mol. The molecule has 1 amide bonds. The molecule has 2 aliphatic rings. The van der Waals surface area contributed by atoms with Crippen LogP contribution in [0.15, 0.2) is 18.2 Å². The van der Waals surface area contributed by atoms with Crippen LogP contribution in [0.1, 0.15) is 53.1 Å². The SMILES string of the molecule is Cc1ccc(C)c(-c2nc(C)sc2CC(=O)N2CCCC[C@H]2CN2CCCC2)c1. The Labute approximate surface area is 178 Å². The van der Waals surface area contributed by atoms with Gasteiger partial charge in [-0.1, -0.05) is 17.7 Å². The van der Waals surface area contributed by atoms with Crippen LogP contribution in [0.3, 0.4) is 0 Å². The molecular weight excluding hydrogens is 378 g/mol. The number of aryl methyl sites for hydroxylation is 3. The summed E-state index contributed by atoms with van der Waals surface area (Å²) < 4.78 is 0. The van der Waals surface area contributed by atoms with Gasteiger partial charge in [0.2, 0.25) is 5.91 Å². The van der Waals surface area contributed by atoms with Crippen molar-refractivity contribution >= 4 is 17.2 Å². The van der Waals surface area contributed by atoms with Crippen LogP contribution in [-0.4, -0.2) is 52.9 Å². The van der Waals surface area contributed by atoms with Crippen molar-refractivity contribution in [1.29, 1.82) is 0 Å². The van der Waals surface area contributed by atoms with Gasteiger partial charge in [0, 0.05) is 29.6 Å². The van der Waals surface area contributed by atoms with E-state index >= 15 is 0 Å². The van der Waals surface area contributed by atoms with Crippen molar-refractivity contribution in [3.8, 4) is 11.3 Å². The number of nitrogens with zero attached hydrogens (tertiary/aromatic N) is 3. The molecule has 0 saturated carbocycles. The summed E-state index contributed by atoms with van der Waals surface area (Å²) in [5.74, 6) is 0.282. The van der Waals surface area contributed by atoms with Crippen molar-refractivity contribution in [2.75, 3.05) is 26.2 Å². The van der Waals surface area contributed by atoms with E-state index < -0.39 is 0 Å². The average molecular weight is 412 g/mol. The molecule has 156 valence electrons. The first-order chi connectivity index (χ1) is 14.0. The topological polar surface area (TPSA) is 36.4 Å². The number of likely N-dealkylation sites (tertiary alicyclic amines) is 2. The summed E-state index contributed by atoms with van der Waals surface area (Å²) in [6.07, 6.45) is 6.61. The van der Waals surface area contributed by atoms with Gasteiger partial charge in [-0.05, 0) is 77.6 Å². The maximum atomic E-state index is 13.4. The molecule has 1 aromatic heterocycles. The molecule has 2 aliphatic heterocycles. The Balaban J connectivity index is 1.53. The first-order valence-electron chi connectivity index (χ1n) is 11.1. The minimum absolute atomic E-state index is 0.282. The summed E-state index contributed by atoms with van der Waals surface area (Å²) >= 11 is 1.68. The van der Waals surface area contributed by atoms with Crippen LogP contribution >= 0.6 is 11.3 Å². The number of hydrogen-bond donors (Lipinski definition) is 0. The zero-order valence-corrected chi connectivity index (χ0v) is 18.9. The second kappa shape index (κ2) is 8.97. The standard InChI is InChI=1S/C24H33N3OS/c1-17-9-10-18(2)21(14-17)24-22(29-19(3)25-24)15-23(28)27-13-5-4-8-20(27)16-26-11-6-7-12-26/h9-10,14,20H,4-8,11-13,15-16H2,1-3H3/t20-/m0/s1. The number of piperidine rings is 1. The molecule has 1 aromatic carbocycles. The maximum Gasteiger partial charge on any atom is 0.228 e. The van der Waals surface area contributed by atoms with E-state index in [0.29, 0.717) is 12.5 Å². The number of carbonyl (C=O) groups is 1. The molecule has 2 aromatic rings. The molecule has 0 radical (unpaired) electrons. The minimum Gasteiger partial charge on any atom is -0.338 e. The number of amides is 1. The molecule has 0 spiro atoms. The number of benzene rings is 1. The first kappa shape index (κ1) is 20.5. The Bertz CT molecular complexity index is 869. The van der Waals surface area contributed by atoms with Crippen molar-refractivity contribution < 1.29 is 4.79 Å². The number of thiazole rings is 1. The van der Waals surface area contributed by atoms with Crippen LogP contribution in [0.25, 0.3) is 11.3 Å². The van der Waals surface area contributed by atoms with Crippen LogP contribution in [-0.2, 0) is 11.2 Å². The van der Waals surface area contributed by atoms with Crippen LogP contribution < -0.4 is 0 Å². The molecular formula is C24H33N3OS. The van der Waals surface area contributed by atoms with E-state index in [1.807, 2.05) is 6.92 Å².